The molecule has 0 aliphatic heterocycles. The van der Waals surface area contributed by atoms with Crippen LogP contribution in [0.1, 0.15) is 0 Å². The molecule has 0 saturated heterocycles. The van der Waals surface area contributed by atoms with Gasteiger partial charge in [-0.3, -0.25) is 4.57 Å². The Balaban J connectivity index is 3.78. The topological polar surface area (TPSA) is 70.3 Å². The van der Waals surface area contributed by atoms with Crippen LogP contribution in [0.15, 0.2) is 0 Å². The highest BCUT2D eigenvalue weighted by Crippen LogP contribution is 2.37. The molecule has 44 valence electrons. The van der Waals surface area contributed by atoms with Crippen molar-refractivity contribution in [3.8, 4) is 5.97 Å². The van der Waals surface area contributed by atoms with Gasteiger partial charge >= 0.3 is 7.00 Å². The van der Waals surface area contributed by atoms with E-state index < -0.39 is 14.5 Å². The van der Waals surface area contributed by atoms with E-state index >= 15 is 0 Å². The van der Waals surface area contributed by atoms with Crippen LogP contribution in [0, 0.1) is 11.2 Å². The predicted octanol–water partition coefficient (Wildman–Crippen LogP) is -0.349. The van der Waals surface area contributed by atoms with Crippen LogP contribution in [-0.4, -0.2) is 19.0 Å². The first kappa shape index (κ1) is 7.70. The van der Waals surface area contributed by atoms with Gasteiger partial charge in [-0.1, -0.05) is 0 Å². The Kier molecular flexibility index (Phi) is 2.77. The van der Waals surface area contributed by atoms with Crippen molar-refractivity contribution in [2.75, 3.05) is 7.11 Å². The molecule has 4 nitrogen and oxygen atoms in total. The number of hydrogen-bond acceptors (Lipinski definition) is 3. The molecular weight excluding hydrogens is 128 g/mol. The fraction of sp³-hybridized carbons (Fsp3) is 0.500. The second kappa shape index (κ2) is 2.88. The van der Waals surface area contributed by atoms with Gasteiger partial charge in [-0.15, -0.1) is 0 Å². The van der Waals surface area contributed by atoms with Crippen molar-refractivity contribution in [3.05, 3.63) is 0 Å². The lowest BCUT2D eigenvalue weighted by Gasteiger charge is -1.99. The van der Waals surface area contributed by atoms with Gasteiger partial charge in [0.25, 0.3) is 7.47 Å². The van der Waals surface area contributed by atoms with E-state index in [0.717, 1.165) is 7.11 Å². The largest absolute Gasteiger partial charge is 0.390 e. The van der Waals surface area contributed by atoms with E-state index in [2.05, 4.69) is 4.52 Å². The van der Waals surface area contributed by atoms with Gasteiger partial charge < -0.3 is 9.42 Å². The van der Waals surface area contributed by atoms with Crippen molar-refractivity contribution in [1.29, 1.82) is 5.26 Å². The maximum absolute atomic E-state index is 10.3. The molecule has 0 radical (unpaired) electrons. The molecule has 0 aromatic heterocycles. The molecule has 8 heavy (non-hydrogen) atoms. The summed E-state index contributed by atoms with van der Waals surface area (Å²) < 4.78 is 14.4. The zero-order chi connectivity index (χ0) is 6.62. The quantitative estimate of drug-likeness (QED) is 0.412. The third kappa shape index (κ3) is 2.81. The van der Waals surface area contributed by atoms with Crippen LogP contribution in [0.3, 0.4) is 0 Å². The summed E-state index contributed by atoms with van der Waals surface area (Å²) in [5.41, 5.74) is 0. The second-order valence-electron chi connectivity index (χ2n) is 1.14. The molecule has 0 amide bonds. The Hall–Kier alpha value is -0.295. The van der Waals surface area contributed by atoms with Gasteiger partial charge in [-0.05, 0) is 0 Å². The highest BCUT2D eigenvalue weighted by molar-refractivity contribution is 7.83. The first-order valence-electron chi connectivity index (χ1n) is 1.87. The summed E-state index contributed by atoms with van der Waals surface area (Å²) in [6.07, 6.45) is 0. The van der Waals surface area contributed by atoms with Crippen molar-refractivity contribution in [2.45, 2.75) is 0 Å². The standard InChI is InChI=1S/C2H5BNO3P/c1-7-8(5,6)3-2-4/h3H,1H3,(H,5,6). The summed E-state index contributed by atoms with van der Waals surface area (Å²) in [6, 6.07) is 0. The average Bonchev–Trinajstić information content (AvgIpc) is 1.67. The van der Waals surface area contributed by atoms with E-state index in [1.54, 1.807) is 0 Å². The van der Waals surface area contributed by atoms with Crippen molar-refractivity contribution in [3.63, 3.8) is 0 Å². The van der Waals surface area contributed by atoms with Crippen molar-refractivity contribution >= 4 is 14.5 Å². The molecular formula is C2H5BNO3P. The van der Waals surface area contributed by atoms with Gasteiger partial charge in [0, 0.05) is 13.1 Å². The molecule has 0 fully saturated rings. The monoisotopic (exact) mass is 133 g/mol. The number of rotatable bonds is 2. The van der Waals surface area contributed by atoms with E-state index in [1.807, 2.05) is 0 Å². The molecule has 0 aliphatic carbocycles. The molecule has 1 N–H and O–H groups in total. The van der Waals surface area contributed by atoms with Crippen LogP contribution in [0.2, 0.25) is 0 Å². The lowest BCUT2D eigenvalue weighted by molar-refractivity contribution is 0.334. The highest BCUT2D eigenvalue weighted by Gasteiger charge is 2.17. The first-order chi connectivity index (χ1) is 3.62. The van der Waals surface area contributed by atoms with E-state index in [9.17, 15) is 4.57 Å². The molecule has 0 rings (SSSR count). The van der Waals surface area contributed by atoms with Gasteiger partial charge in [0.15, 0.2) is 0 Å². The Morgan fingerprint density at radius 1 is 2.00 bits per heavy atom. The molecule has 1 atom stereocenters. The zero-order valence-electron chi connectivity index (χ0n) is 4.37. The highest BCUT2D eigenvalue weighted by atomic mass is 31.2. The summed E-state index contributed by atoms with van der Waals surface area (Å²) in [4.78, 5) is 8.43. The minimum atomic E-state index is -3.53. The van der Waals surface area contributed by atoms with Crippen LogP contribution in [0.5, 0.6) is 0 Å². The molecule has 0 aromatic carbocycles. The van der Waals surface area contributed by atoms with Gasteiger partial charge in [0.2, 0.25) is 0 Å². The summed E-state index contributed by atoms with van der Waals surface area (Å²) >= 11 is 0. The van der Waals surface area contributed by atoms with Crippen LogP contribution in [0.25, 0.3) is 0 Å². The molecule has 0 aromatic rings. The minimum Gasteiger partial charge on any atom is -0.331 e. The average molecular weight is 133 g/mol. The maximum Gasteiger partial charge on any atom is 0.390 e. The van der Waals surface area contributed by atoms with E-state index in [1.165, 1.54) is 5.97 Å². The van der Waals surface area contributed by atoms with Gasteiger partial charge in [-0.25, -0.2) is 5.26 Å². The smallest absolute Gasteiger partial charge is 0.331 e. The molecule has 0 heterocycles. The fourth-order valence-electron chi connectivity index (χ4n) is 0.154. The summed E-state index contributed by atoms with van der Waals surface area (Å²) in [6.45, 7) is -0.441. The number of hydrogen-bond donors (Lipinski definition) is 1. The molecule has 0 aliphatic rings. The van der Waals surface area contributed by atoms with Crippen LogP contribution >= 0.6 is 7.47 Å². The summed E-state index contributed by atoms with van der Waals surface area (Å²) in [7, 11) is -2.44. The maximum atomic E-state index is 10.3. The summed E-state index contributed by atoms with van der Waals surface area (Å²) in [5.74, 6) is 1.52. The van der Waals surface area contributed by atoms with Crippen LogP contribution in [0.4, 0.5) is 0 Å². The third-order valence-corrected chi connectivity index (χ3v) is 1.67. The minimum absolute atomic E-state index is 0.441. The second-order valence-corrected chi connectivity index (χ2v) is 3.09. The lowest BCUT2D eigenvalue weighted by atomic mass is 10.2. The molecule has 0 bridgehead atoms. The molecule has 0 saturated carbocycles. The molecule has 1 unspecified atom stereocenters. The van der Waals surface area contributed by atoms with Gasteiger partial charge in [0.05, 0.1) is 0 Å². The van der Waals surface area contributed by atoms with Crippen LogP contribution < -0.4 is 0 Å². The Morgan fingerprint density at radius 2 is 2.50 bits per heavy atom. The van der Waals surface area contributed by atoms with E-state index in [0.29, 0.717) is 0 Å². The Morgan fingerprint density at radius 3 is 2.62 bits per heavy atom. The zero-order valence-corrected chi connectivity index (χ0v) is 5.26. The molecule has 0 spiro atoms. The Bertz CT molecular complexity index is 152. The van der Waals surface area contributed by atoms with Crippen molar-refractivity contribution in [2.24, 2.45) is 0 Å². The predicted molar refractivity (Wildman–Crippen MR) is 29.6 cm³/mol. The van der Waals surface area contributed by atoms with Crippen molar-refractivity contribution in [1.82, 2.24) is 0 Å². The third-order valence-electron chi connectivity index (χ3n) is 0.556. The van der Waals surface area contributed by atoms with Gasteiger partial charge in [0.1, 0.15) is 0 Å². The van der Waals surface area contributed by atoms with E-state index in [4.69, 9.17) is 10.2 Å². The number of nitriles is 1. The normalized spacial score (nSPS) is 16.1. The number of nitrogens with zero attached hydrogens (tertiary/aromatic N) is 1. The fourth-order valence-corrected chi connectivity index (χ4v) is 0.462. The lowest BCUT2D eigenvalue weighted by Crippen LogP contribution is -1.90. The molecule has 6 heteroatoms. The first-order valence-corrected chi connectivity index (χ1v) is 3.63. The van der Waals surface area contributed by atoms with Crippen LogP contribution in [-0.2, 0) is 9.09 Å². The van der Waals surface area contributed by atoms with Crippen molar-refractivity contribution < 1.29 is 14.0 Å². The van der Waals surface area contributed by atoms with Gasteiger partial charge in [-0.2, -0.15) is 0 Å². The SMILES string of the molecule is COP(=O)(O)BC#N. The van der Waals surface area contributed by atoms with E-state index in [-0.39, 0.29) is 0 Å². The summed E-state index contributed by atoms with van der Waals surface area (Å²) in [5, 5.41) is 7.87. The Labute approximate surface area is 47.8 Å².